The van der Waals surface area contributed by atoms with Gasteiger partial charge in [-0.2, -0.15) is 0 Å². The predicted octanol–water partition coefficient (Wildman–Crippen LogP) is 0.514. The molecule has 0 radical (unpaired) electrons. The molecule has 2 rings (SSSR count). The number of fused-ring (bicyclic) bond motifs is 2. The lowest BCUT2D eigenvalue weighted by Crippen LogP contribution is -2.38. The molecular weight excluding hydrogens is 384 g/mol. The smallest absolute Gasteiger partial charge is 0.236 e. The van der Waals surface area contributed by atoms with Gasteiger partial charge >= 0.3 is 0 Å². The van der Waals surface area contributed by atoms with E-state index in [2.05, 4.69) is 28.0 Å². The second-order valence-electron chi connectivity index (χ2n) is 8.04. The van der Waals surface area contributed by atoms with Gasteiger partial charge in [0.25, 0.3) is 0 Å². The Morgan fingerprint density at radius 2 is 1.23 bits per heavy atom. The number of carbonyl (C=O) groups is 2. The first-order valence-corrected chi connectivity index (χ1v) is 10.4. The number of carbonyl (C=O) groups excluding carboxylic acids is 2. The molecule has 1 aromatic carbocycles. The molecule has 1 aliphatic rings. The van der Waals surface area contributed by atoms with Crippen LogP contribution in [0.5, 0.6) is 0 Å². The number of hydrogen-bond donors (Lipinski definition) is 0. The topological polar surface area (TPSA) is 65.6 Å². The van der Waals surface area contributed by atoms with E-state index in [1.54, 1.807) is 38.0 Å². The summed E-state index contributed by atoms with van der Waals surface area (Å²) in [5.41, 5.74) is 2.29. The molecule has 1 heterocycles. The maximum atomic E-state index is 12.2. The largest absolute Gasteiger partial charge is 0.378 e. The highest BCUT2D eigenvalue weighted by Gasteiger charge is 2.16. The van der Waals surface area contributed by atoms with Gasteiger partial charge in [-0.25, -0.2) is 0 Å². The molecule has 168 valence electrons. The van der Waals surface area contributed by atoms with Gasteiger partial charge in [-0.15, -0.1) is 0 Å². The SMILES string of the molecule is CN(C)C(=O)CN1CCOCCOCCN(CC(=O)N(C)C)Cc2cccc(c2)C1. The zero-order chi connectivity index (χ0) is 21.9. The minimum absolute atomic E-state index is 0.0702. The van der Waals surface area contributed by atoms with Crippen LogP contribution in [0.15, 0.2) is 24.3 Å². The van der Waals surface area contributed by atoms with Gasteiger partial charge in [-0.05, 0) is 11.1 Å². The summed E-state index contributed by atoms with van der Waals surface area (Å²) in [6.07, 6.45) is 0. The first-order valence-electron chi connectivity index (χ1n) is 10.4. The number of likely N-dealkylation sites (N-methyl/N-ethyl adjacent to an activating group) is 2. The Hall–Kier alpha value is -2.00. The Bertz CT molecular complexity index is 628. The molecule has 0 saturated heterocycles. The third-order valence-corrected chi connectivity index (χ3v) is 4.99. The zero-order valence-corrected chi connectivity index (χ0v) is 18.8. The first-order chi connectivity index (χ1) is 14.3. The molecule has 0 fully saturated rings. The van der Waals surface area contributed by atoms with Crippen LogP contribution < -0.4 is 0 Å². The minimum atomic E-state index is 0.0702. The fraction of sp³-hybridized carbons (Fsp3) is 0.636. The summed E-state index contributed by atoms with van der Waals surface area (Å²) in [5, 5.41) is 0. The van der Waals surface area contributed by atoms with Crippen LogP contribution in [0.25, 0.3) is 0 Å². The zero-order valence-electron chi connectivity index (χ0n) is 18.8. The Morgan fingerprint density at radius 3 is 1.63 bits per heavy atom. The minimum Gasteiger partial charge on any atom is -0.378 e. The van der Waals surface area contributed by atoms with Crippen molar-refractivity contribution in [3.63, 3.8) is 0 Å². The Kier molecular flexibility index (Phi) is 10.2. The molecule has 8 heteroatoms. The third-order valence-electron chi connectivity index (χ3n) is 4.99. The number of rotatable bonds is 4. The average Bonchev–Trinajstić information content (AvgIpc) is 2.69. The number of benzene rings is 1. The molecule has 0 spiro atoms. The Morgan fingerprint density at radius 1 is 0.800 bits per heavy atom. The molecule has 30 heavy (non-hydrogen) atoms. The van der Waals surface area contributed by atoms with Crippen molar-refractivity contribution in [1.29, 1.82) is 0 Å². The highest BCUT2D eigenvalue weighted by atomic mass is 16.5. The molecule has 1 aliphatic heterocycles. The Balaban J connectivity index is 2.15. The molecule has 1 aromatic rings. The highest BCUT2D eigenvalue weighted by molar-refractivity contribution is 5.78. The summed E-state index contributed by atoms with van der Waals surface area (Å²) < 4.78 is 11.4. The number of amides is 2. The maximum absolute atomic E-state index is 12.2. The molecule has 0 unspecified atom stereocenters. The van der Waals surface area contributed by atoms with Crippen LogP contribution >= 0.6 is 0 Å². The molecule has 0 N–H and O–H groups in total. The first kappa shape index (κ1) is 24.3. The lowest BCUT2D eigenvalue weighted by atomic mass is 10.1. The molecular formula is C22H36N4O4. The monoisotopic (exact) mass is 420 g/mol. The van der Waals surface area contributed by atoms with E-state index in [4.69, 9.17) is 9.47 Å². The standard InChI is InChI=1S/C22H36N4O4/c1-23(2)21(27)17-25-8-10-29-12-13-30-11-9-26(18-22(28)24(3)4)16-20-7-5-6-19(14-20)15-25/h5-7,14H,8-13,15-18H2,1-4H3. The summed E-state index contributed by atoms with van der Waals surface area (Å²) in [5.74, 6) is 0.140. The lowest BCUT2D eigenvalue weighted by molar-refractivity contribution is -0.131. The number of hydrogen-bond acceptors (Lipinski definition) is 6. The van der Waals surface area contributed by atoms with Crippen LogP contribution in [-0.4, -0.2) is 112 Å². The molecule has 0 atom stereocenters. The van der Waals surface area contributed by atoms with Gasteiger partial charge in [-0.1, -0.05) is 24.3 Å². The maximum Gasteiger partial charge on any atom is 0.236 e. The van der Waals surface area contributed by atoms with Crippen molar-refractivity contribution in [3.05, 3.63) is 35.4 Å². The molecule has 0 saturated carbocycles. The Labute approximate surface area is 180 Å². The lowest BCUT2D eigenvalue weighted by Gasteiger charge is -2.25. The van der Waals surface area contributed by atoms with E-state index in [1.165, 1.54) is 0 Å². The van der Waals surface area contributed by atoms with Crippen molar-refractivity contribution in [2.75, 3.05) is 80.8 Å². The van der Waals surface area contributed by atoms with Crippen LogP contribution in [0.1, 0.15) is 11.1 Å². The van der Waals surface area contributed by atoms with Crippen molar-refractivity contribution in [2.24, 2.45) is 0 Å². The van der Waals surface area contributed by atoms with Crippen LogP contribution in [0.2, 0.25) is 0 Å². The van der Waals surface area contributed by atoms with Gasteiger partial charge in [0.15, 0.2) is 0 Å². The van der Waals surface area contributed by atoms with Gasteiger partial charge in [0.1, 0.15) is 0 Å². The quantitative estimate of drug-likeness (QED) is 0.707. The molecule has 2 amide bonds. The van der Waals surface area contributed by atoms with Crippen LogP contribution in [0, 0.1) is 0 Å². The summed E-state index contributed by atoms with van der Waals surface area (Å²) >= 11 is 0. The second kappa shape index (κ2) is 12.6. The number of ether oxygens (including phenoxy) is 2. The van der Waals surface area contributed by atoms with E-state index >= 15 is 0 Å². The summed E-state index contributed by atoms with van der Waals surface area (Å²) in [6, 6.07) is 8.34. The van der Waals surface area contributed by atoms with E-state index in [9.17, 15) is 9.59 Å². The molecule has 8 nitrogen and oxygen atoms in total. The van der Waals surface area contributed by atoms with Crippen LogP contribution in [-0.2, 0) is 32.2 Å². The summed E-state index contributed by atoms with van der Waals surface area (Å²) in [6.45, 7) is 5.51. The van der Waals surface area contributed by atoms with E-state index in [1.807, 2.05) is 6.07 Å². The van der Waals surface area contributed by atoms with E-state index in [-0.39, 0.29) is 11.8 Å². The van der Waals surface area contributed by atoms with Gasteiger partial charge in [-0.3, -0.25) is 19.4 Å². The van der Waals surface area contributed by atoms with Crippen molar-refractivity contribution in [2.45, 2.75) is 13.1 Å². The summed E-state index contributed by atoms with van der Waals surface area (Å²) in [4.78, 5) is 31.9. The van der Waals surface area contributed by atoms with Crippen molar-refractivity contribution in [3.8, 4) is 0 Å². The average molecular weight is 421 g/mol. The second-order valence-corrected chi connectivity index (χ2v) is 8.04. The van der Waals surface area contributed by atoms with Crippen LogP contribution in [0.4, 0.5) is 0 Å². The van der Waals surface area contributed by atoms with Crippen LogP contribution in [0.3, 0.4) is 0 Å². The predicted molar refractivity (Wildman–Crippen MR) is 116 cm³/mol. The van der Waals surface area contributed by atoms with Gasteiger partial charge in [0, 0.05) is 54.4 Å². The van der Waals surface area contributed by atoms with Crippen molar-refractivity contribution >= 4 is 11.8 Å². The third kappa shape index (κ3) is 8.79. The van der Waals surface area contributed by atoms with E-state index in [0.29, 0.717) is 65.7 Å². The summed E-state index contributed by atoms with van der Waals surface area (Å²) in [7, 11) is 7.09. The van der Waals surface area contributed by atoms with Gasteiger partial charge in [0.2, 0.25) is 11.8 Å². The van der Waals surface area contributed by atoms with E-state index in [0.717, 1.165) is 11.1 Å². The van der Waals surface area contributed by atoms with Gasteiger partial charge in [0.05, 0.1) is 39.5 Å². The highest BCUT2D eigenvalue weighted by Crippen LogP contribution is 2.12. The molecule has 2 bridgehead atoms. The number of nitrogens with zero attached hydrogens (tertiary/aromatic N) is 4. The van der Waals surface area contributed by atoms with Crippen molar-refractivity contribution < 1.29 is 19.1 Å². The van der Waals surface area contributed by atoms with Crippen molar-refractivity contribution in [1.82, 2.24) is 19.6 Å². The fourth-order valence-corrected chi connectivity index (χ4v) is 3.15. The van der Waals surface area contributed by atoms with Gasteiger partial charge < -0.3 is 19.3 Å². The fourth-order valence-electron chi connectivity index (χ4n) is 3.15. The molecule has 0 aromatic heterocycles. The normalized spacial score (nSPS) is 17.6. The molecule has 0 aliphatic carbocycles. The van der Waals surface area contributed by atoms with E-state index < -0.39 is 0 Å².